The van der Waals surface area contributed by atoms with Gasteiger partial charge >= 0.3 is 33.2 Å². The van der Waals surface area contributed by atoms with Crippen LogP contribution < -0.4 is 82.1 Å². The van der Waals surface area contributed by atoms with Crippen LogP contribution >= 0.6 is 0 Å². The van der Waals surface area contributed by atoms with E-state index in [1.54, 1.807) is 0 Å². The van der Waals surface area contributed by atoms with Gasteiger partial charge in [-0.15, -0.1) is 0 Å². The molecule has 0 saturated heterocycles. The molecular weight excluding hydrogens is 566 g/mol. The van der Waals surface area contributed by atoms with Crippen molar-refractivity contribution in [1.82, 2.24) is 0 Å². The number of hydrogen-bond donors (Lipinski definition) is 0. The van der Waals surface area contributed by atoms with Gasteiger partial charge in [-0.25, -0.2) is 0 Å². The van der Waals surface area contributed by atoms with Crippen molar-refractivity contribution < 1.29 is 85.1 Å². The van der Waals surface area contributed by atoms with Crippen molar-refractivity contribution >= 4 is 20.1 Å². The van der Waals surface area contributed by atoms with Gasteiger partial charge in [-0.1, -0.05) is 0 Å². The molecule has 0 aromatic carbocycles. The van der Waals surface area contributed by atoms with Crippen molar-refractivity contribution in [2.75, 3.05) is 0 Å². The topological polar surface area (TPSA) is 86.2 Å². The van der Waals surface area contributed by atoms with E-state index in [0.29, 0.717) is 0 Å². The molecular formula is H6I3O4Sb. The van der Waals surface area contributed by atoms with Gasteiger partial charge in [-0.3, -0.25) is 0 Å². The summed E-state index contributed by atoms with van der Waals surface area (Å²) >= 11 is -6.10. The molecule has 0 fully saturated rings. The Morgan fingerprint density at radius 2 is 0.875 bits per heavy atom. The number of halogens is 3. The van der Waals surface area contributed by atoms with Gasteiger partial charge < -0.3 is 0 Å². The molecule has 8 heavy (non-hydrogen) atoms. The van der Waals surface area contributed by atoms with E-state index in [2.05, 4.69) is 0 Å². The molecule has 4 nitrogen and oxygen atoms in total. The molecule has 0 bridgehead atoms. The van der Waals surface area contributed by atoms with Gasteiger partial charge in [0.05, 0.1) is 0 Å². The SMILES string of the molecule is [IH2+].[IH2+].[IH2+].[O]=[Sb]([O-])([O-])[O-]. The molecule has 0 aliphatic rings. The number of hydrogen-bond acceptors (Lipinski definition) is 4. The van der Waals surface area contributed by atoms with E-state index < -0.39 is 20.1 Å². The Kier molecular flexibility index (Phi) is 27.2. The molecule has 0 unspecified atom stereocenters. The van der Waals surface area contributed by atoms with Crippen LogP contribution in [0.4, 0.5) is 0 Å². The number of rotatable bonds is 0. The zero-order valence-corrected chi connectivity index (χ0v) is 13.6. The van der Waals surface area contributed by atoms with Crippen LogP contribution in [0.5, 0.6) is 0 Å². The first-order chi connectivity index (χ1) is 2.00. The van der Waals surface area contributed by atoms with Crippen LogP contribution in [0, 0.1) is 0 Å². The van der Waals surface area contributed by atoms with E-state index in [4.69, 9.17) is 13.2 Å². The fraction of sp³-hybridized carbons (Fsp3) is 0. The van der Waals surface area contributed by atoms with E-state index >= 15 is 0 Å². The summed E-state index contributed by atoms with van der Waals surface area (Å²) in [6.07, 6.45) is 0. The van der Waals surface area contributed by atoms with Crippen molar-refractivity contribution in [3.63, 3.8) is 0 Å². The maximum absolute atomic E-state index is 8.64. The van der Waals surface area contributed by atoms with E-state index in [0.717, 1.165) is 0 Å². The molecule has 0 aliphatic carbocycles. The van der Waals surface area contributed by atoms with Gasteiger partial charge in [0.15, 0.2) is 0 Å². The van der Waals surface area contributed by atoms with Crippen LogP contribution in [0.1, 0.15) is 0 Å². The Hall–Kier alpha value is 2.69. The Morgan fingerprint density at radius 1 is 0.875 bits per heavy atom. The Labute approximate surface area is 103 Å². The molecule has 0 aromatic heterocycles. The average molecular weight is 573 g/mol. The predicted octanol–water partition coefficient (Wildman–Crippen LogP) is -14.7. The van der Waals surface area contributed by atoms with Crippen molar-refractivity contribution in [2.45, 2.75) is 0 Å². The molecule has 56 valence electrons. The van der Waals surface area contributed by atoms with Crippen molar-refractivity contribution in [3.8, 4) is 0 Å². The third-order valence-electron chi connectivity index (χ3n) is 0. The van der Waals surface area contributed by atoms with Crippen LogP contribution in [0.25, 0.3) is 0 Å². The molecule has 8 heteroatoms. The quantitative estimate of drug-likeness (QED) is 0.213. The van der Waals surface area contributed by atoms with E-state index in [1.807, 2.05) is 0 Å². The second-order valence-electron chi connectivity index (χ2n) is 0.447. The summed E-state index contributed by atoms with van der Waals surface area (Å²) in [7, 11) is 0. The standard InChI is InChI=1S/3H2I.4O.Sb/h3*1H2;;;;;/q3*+1;;3*-1;. The van der Waals surface area contributed by atoms with Gasteiger partial charge in [-0.2, -0.15) is 0 Å². The van der Waals surface area contributed by atoms with E-state index in [1.165, 1.54) is 0 Å². The van der Waals surface area contributed by atoms with Gasteiger partial charge in [-0.05, 0) is 0 Å². The molecule has 0 aromatic rings. The van der Waals surface area contributed by atoms with Crippen LogP contribution in [-0.2, 0) is 3.02 Å². The molecule has 0 heterocycles. The Balaban J connectivity index is -0.0000000267. The van der Waals surface area contributed by atoms with Crippen LogP contribution in [0.15, 0.2) is 0 Å². The predicted molar refractivity (Wildman–Crippen MR) is 14.8 cm³/mol. The van der Waals surface area contributed by atoms with Gasteiger partial charge in [0.25, 0.3) is 0 Å². The third-order valence-corrected chi connectivity index (χ3v) is 0. The summed E-state index contributed by atoms with van der Waals surface area (Å²) in [4.78, 5) is 0. The van der Waals surface area contributed by atoms with Gasteiger partial charge in [0, 0.05) is 0 Å². The molecule has 0 N–H and O–H groups in total. The second kappa shape index (κ2) is 9.69. The summed E-state index contributed by atoms with van der Waals surface area (Å²) in [5.74, 6) is 0. The molecule has 0 aliphatic heterocycles. The summed E-state index contributed by atoms with van der Waals surface area (Å²) in [6.45, 7) is 0. The monoisotopic (exact) mass is 572 g/mol. The fourth-order valence-electron chi connectivity index (χ4n) is 0. The average Bonchev–Trinajstić information content (AvgIpc) is 0.722. The molecule has 0 amide bonds. The first-order valence-corrected chi connectivity index (χ1v) is 4.90. The summed E-state index contributed by atoms with van der Waals surface area (Å²) in [5.41, 5.74) is 0. The Bertz CT molecular complexity index is 57.4. The first-order valence-electron chi connectivity index (χ1n) is 0.730. The minimum absolute atomic E-state index is 0. The van der Waals surface area contributed by atoms with Crippen LogP contribution in [0.2, 0.25) is 0 Å². The molecule has 0 radical (unpaired) electrons. The van der Waals surface area contributed by atoms with E-state index in [-0.39, 0.29) is 71.9 Å². The first kappa shape index (κ1) is 22.4. The molecule has 0 atom stereocenters. The third kappa shape index (κ3) is 71.1. The van der Waals surface area contributed by atoms with Gasteiger partial charge in [0.2, 0.25) is 71.9 Å². The molecule has 0 saturated carbocycles. The summed E-state index contributed by atoms with van der Waals surface area (Å²) < 4.78 is 34.6. The zero-order valence-electron chi connectivity index (χ0n) is 3.42. The maximum atomic E-state index is 8.64. The van der Waals surface area contributed by atoms with Crippen LogP contribution in [-0.4, -0.2) is 20.1 Å². The molecule has 0 spiro atoms. The molecule has 0 rings (SSSR count). The van der Waals surface area contributed by atoms with Crippen molar-refractivity contribution in [1.29, 1.82) is 0 Å². The van der Waals surface area contributed by atoms with E-state index in [9.17, 15) is 0 Å². The summed E-state index contributed by atoms with van der Waals surface area (Å²) in [6, 6.07) is 0. The van der Waals surface area contributed by atoms with Crippen molar-refractivity contribution in [3.05, 3.63) is 0 Å². The second-order valence-corrected chi connectivity index (χ2v) is 3.00. The normalized spacial score (nSPS) is 7.38. The Morgan fingerprint density at radius 3 is 0.875 bits per heavy atom. The van der Waals surface area contributed by atoms with Gasteiger partial charge in [0.1, 0.15) is 0 Å². The van der Waals surface area contributed by atoms with Crippen molar-refractivity contribution in [2.24, 2.45) is 0 Å². The minimum atomic E-state index is -6.10. The van der Waals surface area contributed by atoms with Crippen LogP contribution in [0.3, 0.4) is 0 Å². The zero-order chi connectivity index (χ0) is 4.50. The fourth-order valence-corrected chi connectivity index (χ4v) is 0. The summed E-state index contributed by atoms with van der Waals surface area (Å²) in [5, 5.41) is 0.